The first-order chi connectivity index (χ1) is 8.31. The van der Waals surface area contributed by atoms with Crippen LogP contribution in [0.4, 0.5) is 4.79 Å². The number of ether oxygens (including phenoxy) is 1. The molecule has 1 aliphatic rings. The molecule has 3 N–H and O–H groups in total. The minimum absolute atomic E-state index is 0.165. The molecule has 0 aromatic heterocycles. The van der Waals surface area contributed by atoms with Crippen molar-refractivity contribution in [2.24, 2.45) is 10.8 Å². The van der Waals surface area contributed by atoms with Gasteiger partial charge in [-0.05, 0) is 27.7 Å². The van der Waals surface area contributed by atoms with Crippen LogP contribution >= 0.6 is 0 Å². The van der Waals surface area contributed by atoms with Gasteiger partial charge in [-0.2, -0.15) is 5.10 Å². The molecule has 0 aromatic carbocycles. The van der Waals surface area contributed by atoms with Gasteiger partial charge in [-0.15, -0.1) is 0 Å². The maximum atomic E-state index is 11.6. The van der Waals surface area contributed by atoms with Gasteiger partial charge in [0.1, 0.15) is 5.60 Å². The highest BCUT2D eigenvalue weighted by Gasteiger charge is 2.33. The lowest BCUT2D eigenvalue weighted by Gasteiger charge is -2.39. The second kappa shape index (κ2) is 5.75. The maximum Gasteiger partial charge on any atom is 0.410 e. The molecule has 0 bridgehead atoms. The standard InChI is InChI=1S/C12H22N4O2/c1-5-9(13)6-14-15-10-7-16(8-10)11(17)18-12(2,3)4/h5-6,10,15H,7-8,13H2,1-4H3/b9-5+,14-6-. The van der Waals surface area contributed by atoms with E-state index in [0.29, 0.717) is 18.8 Å². The van der Waals surface area contributed by atoms with Gasteiger partial charge in [0.25, 0.3) is 0 Å². The van der Waals surface area contributed by atoms with Crippen LogP contribution in [0.5, 0.6) is 0 Å². The van der Waals surface area contributed by atoms with Gasteiger partial charge < -0.3 is 20.8 Å². The Labute approximate surface area is 108 Å². The summed E-state index contributed by atoms with van der Waals surface area (Å²) in [4.78, 5) is 13.3. The van der Waals surface area contributed by atoms with E-state index in [-0.39, 0.29) is 12.1 Å². The van der Waals surface area contributed by atoms with Gasteiger partial charge in [-0.1, -0.05) is 6.08 Å². The molecule has 18 heavy (non-hydrogen) atoms. The molecule has 0 unspecified atom stereocenters. The van der Waals surface area contributed by atoms with Crippen molar-refractivity contribution in [3.8, 4) is 0 Å². The van der Waals surface area contributed by atoms with Gasteiger partial charge in [0.05, 0.1) is 12.3 Å². The SMILES string of the molecule is C/C=C(N)\C=N/NC1CN(C(=O)OC(C)(C)C)C1. The molecule has 0 aromatic rings. The zero-order valence-electron chi connectivity index (χ0n) is 11.4. The number of nitrogens with one attached hydrogen (secondary N) is 1. The van der Waals surface area contributed by atoms with E-state index in [0.717, 1.165) is 0 Å². The maximum absolute atomic E-state index is 11.6. The van der Waals surface area contributed by atoms with Crippen molar-refractivity contribution in [2.75, 3.05) is 13.1 Å². The number of hydrogen-bond acceptors (Lipinski definition) is 5. The Hall–Kier alpha value is -1.72. The van der Waals surface area contributed by atoms with E-state index in [1.807, 2.05) is 27.7 Å². The Bertz CT molecular complexity index is 352. The van der Waals surface area contributed by atoms with Crippen LogP contribution in [0.15, 0.2) is 16.9 Å². The lowest BCUT2D eigenvalue weighted by Crippen LogP contribution is -2.59. The fourth-order valence-electron chi connectivity index (χ4n) is 1.33. The lowest BCUT2D eigenvalue weighted by atomic mass is 10.1. The predicted molar refractivity (Wildman–Crippen MR) is 71.2 cm³/mol. The first-order valence-corrected chi connectivity index (χ1v) is 6.00. The Balaban J connectivity index is 2.24. The van der Waals surface area contributed by atoms with Crippen LogP contribution in [-0.2, 0) is 4.74 Å². The van der Waals surface area contributed by atoms with Crippen LogP contribution in [0.25, 0.3) is 0 Å². The molecule has 0 spiro atoms. The van der Waals surface area contributed by atoms with E-state index >= 15 is 0 Å². The van der Waals surface area contributed by atoms with Crippen molar-refractivity contribution in [1.29, 1.82) is 0 Å². The summed E-state index contributed by atoms with van der Waals surface area (Å²) in [6, 6.07) is 0.165. The molecule has 0 radical (unpaired) electrons. The van der Waals surface area contributed by atoms with E-state index in [1.54, 1.807) is 17.2 Å². The zero-order chi connectivity index (χ0) is 13.8. The summed E-state index contributed by atoms with van der Waals surface area (Å²) in [7, 11) is 0. The molecular weight excluding hydrogens is 232 g/mol. The fourth-order valence-corrected chi connectivity index (χ4v) is 1.33. The highest BCUT2D eigenvalue weighted by molar-refractivity contribution is 5.76. The summed E-state index contributed by atoms with van der Waals surface area (Å²) in [5, 5.41) is 3.99. The van der Waals surface area contributed by atoms with Gasteiger partial charge in [0.15, 0.2) is 0 Å². The highest BCUT2D eigenvalue weighted by atomic mass is 16.6. The van der Waals surface area contributed by atoms with Crippen LogP contribution in [0.2, 0.25) is 0 Å². The van der Waals surface area contributed by atoms with Gasteiger partial charge in [0, 0.05) is 18.8 Å². The Kier molecular flexibility index (Phi) is 4.58. The smallest absolute Gasteiger partial charge is 0.410 e. The van der Waals surface area contributed by atoms with Crippen molar-refractivity contribution in [2.45, 2.75) is 39.3 Å². The summed E-state index contributed by atoms with van der Waals surface area (Å²) in [5.74, 6) is 0. The van der Waals surface area contributed by atoms with Crippen LogP contribution in [-0.4, -0.2) is 41.9 Å². The van der Waals surface area contributed by atoms with Crippen molar-refractivity contribution in [3.63, 3.8) is 0 Å². The molecule has 6 nitrogen and oxygen atoms in total. The Morgan fingerprint density at radius 2 is 2.11 bits per heavy atom. The number of hydrazone groups is 1. The minimum Gasteiger partial charge on any atom is -0.444 e. The number of carbonyl (C=O) groups excluding carboxylic acids is 1. The average molecular weight is 254 g/mol. The predicted octanol–water partition coefficient (Wildman–Crippen LogP) is 1.04. The Morgan fingerprint density at radius 1 is 1.50 bits per heavy atom. The molecular formula is C12H22N4O2. The number of amides is 1. The van der Waals surface area contributed by atoms with Crippen molar-refractivity contribution in [1.82, 2.24) is 10.3 Å². The van der Waals surface area contributed by atoms with E-state index < -0.39 is 5.60 Å². The Morgan fingerprint density at radius 3 is 2.61 bits per heavy atom. The fraction of sp³-hybridized carbons (Fsp3) is 0.667. The molecule has 0 saturated carbocycles. The average Bonchev–Trinajstić information content (AvgIpc) is 2.17. The number of hydrogen-bond donors (Lipinski definition) is 2. The lowest BCUT2D eigenvalue weighted by molar-refractivity contribution is 0.00549. The number of rotatable bonds is 3. The summed E-state index contributed by atoms with van der Waals surface area (Å²) in [6.07, 6.45) is 3.03. The van der Waals surface area contributed by atoms with Crippen LogP contribution < -0.4 is 11.2 Å². The van der Waals surface area contributed by atoms with E-state index in [2.05, 4.69) is 10.5 Å². The monoisotopic (exact) mass is 254 g/mol. The third-order valence-corrected chi connectivity index (χ3v) is 2.34. The van der Waals surface area contributed by atoms with Gasteiger partial charge in [-0.3, -0.25) is 0 Å². The van der Waals surface area contributed by atoms with Gasteiger partial charge in [-0.25, -0.2) is 4.79 Å². The molecule has 0 atom stereocenters. The summed E-state index contributed by atoms with van der Waals surface area (Å²) < 4.78 is 5.24. The second-order valence-electron chi connectivity index (χ2n) is 5.26. The molecule has 1 rings (SSSR count). The molecule has 0 aliphatic carbocycles. The number of carbonyl (C=O) groups is 1. The number of nitrogens with zero attached hydrogens (tertiary/aromatic N) is 2. The third kappa shape index (κ3) is 4.65. The molecule has 1 fully saturated rings. The van der Waals surface area contributed by atoms with Crippen molar-refractivity contribution >= 4 is 12.3 Å². The van der Waals surface area contributed by atoms with Crippen LogP contribution in [0, 0.1) is 0 Å². The first kappa shape index (κ1) is 14.3. The number of nitrogens with two attached hydrogens (primary N) is 1. The van der Waals surface area contributed by atoms with E-state index in [9.17, 15) is 4.79 Å². The van der Waals surface area contributed by atoms with Gasteiger partial charge in [0.2, 0.25) is 0 Å². The molecule has 1 amide bonds. The molecule has 102 valence electrons. The zero-order valence-corrected chi connectivity index (χ0v) is 11.4. The van der Waals surface area contributed by atoms with E-state index in [1.165, 1.54) is 0 Å². The first-order valence-electron chi connectivity index (χ1n) is 6.00. The quantitative estimate of drug-likeness (QED) is 0.582. The molecule has 6 heteroatoms. The number of likely N-dealkylation sites (tertiary alicyclic amines) is 1. The molecule has 1 saturated heterocycles. The van der Waals surface area contributed by atoms with E-state index in [4.69, 9.17) is 10.5 Å². The van der Waals surface area contributed by atoms with Crippen LogP contribution in [0.1, 0.15) is 27.7 Å². The normalized spacial score (nSPS) is 17.8. The minimum atomic E-state index is -0.450. The molecule has 1 heterocycles. The third-order valence-electron chi connectivity index (χ3n) is 2.34. The summed E-state index contributed by atoms with van der Waals surface area (Å²) >= 11 is 0. The second-order valence-corrected chi connectivity index (χ2v) is 5.26. The summed E-state index contributed by atoms with van der Waals surface area (Å²) in [6.45, 7) is 8.60. The van der Waals surface area contributed by atoms with Crippen molar-refractivity contribution < 1.29 is 9.53 Å². The topological polar surface area (TPSA) is 80.0 Å². The molecule has 1 aliphatic heterocycles. The van der Waals surface area contributed by atoms with Crippen molar-refractivity contribution in [3.05, 3.63) is 11.8 Å². The highest BCUT2D eigenvalue weighted by Crippen LogP contribution is 2.14. The van der Waals surface area contributed by atoms with Gasteiger partial charge >= 0.3 is 6.09 Å². The largest absolute Gasteiger partial charge is 0.444 e. The van der Waals surface area contributed by atoms with Crippen LogP contribution in [0.3, 0.4) is 0 Å². The number of allylic oxidation sites excluding steroid dienone is 2. The summed E-state index contributed by atoms with van der Waals surface area (Å²) in [5.41, 5.74) is 8.63.